The lowest BCUT2D eigenvalue weighted by Gasteiger charge is -2.26. The Hall–Kier alpha value is -1.81. The van der Waals surface area contributed by atoms with Gasteiger partial charge in [-0.1, -0.05) is 38.1 Å². The van der Waals surface area contributed by atoms with Gasteiger partial charge in [-0.15, -0.1) is 11.8 Å². The average molecular weight is 326 g/mol. The molecule has 0 aliphatic carbocycles. The van der Waals surface area contributed by atoms with Crippen LogP contribution in [0.5, 0.6) is 0 Å². The van der Waals surface area contributed by atoms with Crippen LogP contribution >= 0.6 is 11.8 Å². The Morgan fingerprint density at radius 1 is 1.22 bits per heavy atom. The molecule has 0 saturated carbocycles. The van der Waals surface area contributed by atoms with Crippen molar-refractivity contribution in [2.75, 3.05) is 6.54 Å². The van der Waals surface area contributed by atoms with Gasteiger partial charge in [0.1, 0.15) is 5.03 Å². The highest BCUT2D eigenvalue weighted by Gasteiger charge is 2.32. The van der Waals surface area contributed by atoms with Gasteiger partial charge in [-0.2, -0.15) is 0 Å². The molecule has 1 aliphatic rings. The number of thioether (sulfide) groups is 1. The Morgan fingerprint density at radius 2 is 2.00 bits per heavy atom. The molecule has 2 aromatic rings. The fraction of sp³-hybridized carbons (Fsp3) is 0.368. The van der Waals surface area contributed by atoms with Crippen molar-refractivity contribution in [1.29, 1.82) is 0 Å². The summed E-state index contributed by atoms with van der Waals surface area (Å²) in [4.78, 5) is 19.4. The molecule has 2 heterocycles. The maximum absolute atomic E-state index is 12.9. The van der Waals surface area contributed by atoms with E-state index < -0.39 is 0 Å². The zero-order valence-electron chi connectivity index (χ0n) is 13.6. The summed E-state index contributed by atoms with van der Waals surface area (Å²) in [6.07, 6.45) is 3.90. The third-order valence-electron chi connectivity index (χ3n) is 4.04. The lowest BCUT2D eigenvalue weighted by atomic mass is 10.1. The predicted molar refractivity (Wildman–Crippen MR) is 94.7 cm³/mol. The van der Waals surface area contributed by atoms with Crippen molar-refractivity contribution in [2.24, 2.45) is 0 Å². The number of carbonyl (C=O) groups excluding carboxylic acids is 1. The summed E-state index contributed by atoms with van der Waals surface area (Å²) in [6, 6.07) is 13.8. The summed E-state index contributed by atoms with van der Waals surface area (Å²) in [5.41, 5.74) is 1.95. The molecule has 0 N–H and O–H groups in total. The van der Waals surface area contributed by atoms with Crippen molar-refractivity contribution in [3.05, 3.63) is 59.8 Å². The Morgan fingerprint density at radius 3 is 2.74 bits per heavy atom. The third-order valence-corrected chi connectivity index (χ3v) is 5.08. The van der Waals surface area contributed by atoms with E-state index in [-0.39, 0.29) is 11.9 Å². The normalized spacial score (nSPS) is 17.7. The van der Waals surface area contributed by atoms with E-state index in [4.69, 9.17) is 0 Å². The standard InChI is InChI=1S/C19H22N2OS/c1-14(2)23-18-16(10-6-12-20-18)17-11-7-13-21(17)19(22)15-8-4-3-5-9-15/h3-6,8-10,12,14,17H,7,11,13H2,1-2H3/t17-/m1/s1. The first-order chi connectivity index (χ1) is 11.2. The van der Waals surface area contributed by atoms with Gasteiger partial charge < -0.3 is 4.90 Å². The first-order valence-corrected chi connectivity index (χ1v) is 9.02. The highest BCUT2D eigenvalue weighted by molar-refractivity contribution is 7.99. The van der Waals surface area contributed by atoms with Crippen molar-refractivity contribution in [3.8, 4) is 0 Å². The van der Waals surface area contributed by atoms with E-state index in [0.29, 0.717) is 5.25 Å². The molecular formula is C19H22N2OS. The lowest BCUT2D eigenvalue weighted by Crippen LogP contribution is -2.30. The van der Waals surface area contributed by atoms with Crippen LogP contribution in [0.25, 0.3) is 0 Å². The van der Waals surface area contributed by atoms with E-state index in [1.54, 1.807) is 11.8 Å². The van der Waals surface area contributed by atoms with Crippen LogP contribution in [0.3, 0.4) is 0 Å². The van der Waals surface area contributed by atoms with E-state index in [1.165, 1.54) is 5.56 Å². The molecule has 1 aromatic carbocycles. The van der Waals surface area contributed by atoms with Gasteiger partial charge in [0.25, 0.3) is 5.91 Å². The number of benzene rings is 1. The monoisotopic (exact) mass is 326 g/mol. The molecule has 1 aromatic heterocycles. The molecule has 1 aliphatic heterocycles. The summed E-state index contributed by atoms with van der Waals surface area (Å²) in [5.74, 6) is 0.123. The lowest BCUT2D eigenvalue weighted by molar-refractivity contribution is 0.0733. The Balaban J connectivity index is 1.89. The van der Waals surface area contributed by atoms with Crippen molar-refractivity contribution in [2.45, 2.75) is 43.0 Å². The van der Waals surface area contributed by atoms with Gasteiger partial charge in [0.05, 0.1) is 6.04 Å². The quantitative estimate of drug-likeness (QED) is 0.772. The van der Waals surface area contributed by atoms with Crippen molar-refractivity contribution < 1.29 is 4.79 Å². The van der Waals surface area contributed by atoms with Crippen molar-refractivity contribution in [3.63, 3.8) is 0 Å². The van der Waals surface area contributed by atoms with Gasteiger partial charge in [0.15, 0.2) is 0 Å². The van der Waals surface area contributed by atoms with Crippen molar-refractivity contribution in [1.82, 2.24) is 9.88 Å². The summed E-state index contributed by atoms with van der Waals surface area (Å²) in [6.45, 7) is 5.16. The smallest absolute Gasteiger partial charge is 0.254 e. The Bertz CT molecular complexity index is 672. The van der Waals surface area contributed by atoms with Gasteiger partial charge in [0, 0.05) is 29.1 Å². The number of pyridine rings is 1. The zero-order valence-corrected chi connectivity index (χ0v) is 14.4. The van der Waals surface area contributed by atoms with Crippen LogP contribution in [-0.4, -0.2) is 27.6 Å². The van der Waals surface area contributed by atoms with Crippen LogP contribution in [0.2, 0.25) is 0 Å². The Kier molecular flexibility index (Phi) is 5.01. The first kappa shape index (κ1) is 16.1. The molecule has 1 amide bonds. The molecule has 23 heavy (non-hydrogen) atoms. The van der Waals surface area contributed by atoms with Crippen LogP contribution in [0.15, 0.2) is 53.7 Å². The van der Waals surface area contributed by atoms with Gasteiger partial charge in [-0.05, 0) is 31.0 Å². The molecule has 1 atom stereocenters. The van der Waals surface area contributed by atoms with Gasteiger partial charge in [0.2, 0.25) is 0 Å². The second-order valence-electron chi connectivity index (χ2n) is 6.09. The number of carbonyl (C=O) groups is 1. The highest BCUT2D eigenvalue weighted by Crippen LogP contribution is 2.38. The van der Waals surface area contributed by atoms with E-state index in [9.17, 15) is 4.79 Å². The third kappa shape index (κ3) is 3.58. The number of hydrogen-bond donors (Lipinski definition) is 0. The van der Waals surface area contributed by atoms with Crippen LogP contribution in [0.4, 0.5) is 0 Å². The molecule has 1 saturated heterocycles. The first-order valence-electron chi connectivity index (χ1n) is 8.14. The maximum Gasteiger partial charge on any atom is 0.254 e. The van der Waals surface area contributed by atoms with E-state index in [0.717, 1.165) is 30.0 Å². The van der Waals surface area contributed by atoms with E-state index >= 15 is 0 Å². The number of rotatable bonds is 4. The fourth-order valence-electron chi connectivity index (χ4n) is 3.06. The van der Waals surface area contributed by atoms with Gasteiger partial charge >= 0.3 is 0 Å². The second-order valence-corrected chi connectivity index (χ2v) is 7.65. The molecule has 4 heteroatoms. The number of amides is 1. The molecule has 3 rings (SSSR count). The molecule has 0 radical (unpaired) electrons. The SMILES string of the molecule is CC(C)Sc1ncccc1[C@H]1CCCN1C(=O)c1ccccc1. The summed E-state index contributed by atoms with van der Waals surface area (Å²) in [5, 5.41) is 1.53. The highest BCUT2D eigenvalue weighted by atomic mass is 32.2. The van der Waals surface area contributed by atoms with Crippen LogP contribution in [0, 0.1) is 0 Å². The maximum atomic E-state index is 12.9. The molecule has 3 nitrogen and oxygen atoms in total. The molecule has 0 bridgehead atoms. The summed E-state index contributed by atoms with van der Waals surface area (Å²) in [7, 11) is 0. The largest absolute Gasteiger partial charge is 0.332 e. The average Bonchev–Trinajstić information content (AvgIpc) is 3.04. The molecule has 0 unspecified atom stereocenters. The minimum Gasteiger partial charge on any atom is -0.332 e. The minimum atomic E-state index is 0.123. The molecular weight excluding hydrogens is 304 g/mol. The molecule has 120 valence electrons. The number of aromatic nitrogens is 1. The number of hydrogen-bond acceptors (Lipinski definition) is 3. The topological polar surface area (TPSA) is 33.2 Å². The number of nitrogens with zero attached hydrogens (tertiary/aromatic N) is 2. The van der Waals surface area contributed by atoms with Crippen molar-refractivity contribution >= 4 is 17.7 Å². The van der Waals surface area contributed by atoms with Gasteiger partial charge in [-0.25, -0.2) is 4.98 Å². The van der Waals surface area contributed by atoms with E-state index in [1.807, 2.05) is 47.5 Å². The minimum absolute atomic E-state index is 0.123. The number of likely N-dealkylation sites (tertiary alicyclic amines) is 1. The summed E-state index contributed by atoms with van der Waals surface area (Å²) < 4.78 is 0. The van der Waals surface area contributed by atoms with Gasteiger partial charge in [-0.3, -0.25) is 4.79 Å². The van der Waals surface area contributed by atoms with Crippen LogP contribution in [-0.2, 0) is 0 Å². The summed E-state index contributed by atoms with van der Waals surface area (Å²) >= 11 is 1.77. The second kappa shape index (κ2) is 7.18. The zero-order chi connectivity index (χ0) is 16.2. The molecule has 0 spiro atoms. The van der Waals surface area contributed by atoms with Crippen LogP contribution < -0.4 is 0 Å². The van der Waals surface area contributed by atoms with E-state index in [2.05, 4.69) is 24.9 Å². The molecule has 1 fully saturated rings. The predicted octanol–water partition coefficient (Wildman–Crippen LogP) is 4.56. The Labute approximate surface area is 142 Å². The van der Waals surface area contributed by atoms with Crippen LogP contribution in [0.1, 0.15) is 48.7 Å². The fourth-order valence-corrected chi connectivity index (χ4v) is 3.97.